The molecule has 0 aromatic heterocycles. The van der Waals surface area contributed by atoms with Crippen LogP contribution in [-0.2, 0) is 4.79 Å². The molecular formula is C18H34O2. The molecule has 0 bridgehead atoms. The second-order valence-electron chi connectivity index (χ2n) is 5.73. The molecular weight excluding hydrogens is 252 g/mol. The minimum atomic E-state index is -0.661. The van der Waals surface area contributed by atoms with E-state index in [0.717, 1.165) is 12.8 Å². The molecule has 0 aromatic carbocycles. The van der Waals surface area contributed by atoms with Crippen LogP contribution in [0.1, 0.15) is 96.8 Å². The summed E-state index contributed by atoms with van der Waals surface area (Å²) in [6.45, 7) is 2.25. The highest BCUT2D eigenvalue weighted by Crippen LogP contribution is 2.10. The maximum Gasteiger partial charge on any atom is 0.303 e. The van der Waals surface area contributed by atoms with Crippen molar-refractivity contribution >= 4 is 5.97 Å². The fourth-order valence-corrected chi connectivity index (χ4v) is 2.35. The predicted octanol–water partition coefficient (Wildman–Crippen LogP) is 6.11. The van der Waals surface area contributed by atoms with Crippen LogP contribution in [0.25, 0.3) is 0 Å². The zero-order valence-electron chi connectivity index (χ0n) is 13.4. The molecule has 0 aliphatic carbocycles. The van der Waals surface area contributed by atoms with Gasteiger partial charge >= 0.3 is 5.97 Å². The lowest BCUT2D eigenvalue weighted by molar-refractivity contribution is -0.137. The van der Waals surface area contributed by atoms with Gasteiger partial charge in [-0.25, -0.2) is 0 Å². The predicted molar refractivity (Wildman–Crippen MR) is 87.1 cm³/mol. The lowest BCUT2D eigenvalue weighted by Crippen LogP contribution is -1.93. The molecule has 0 spiro atoms. The largest absolute Gasteiger partial charge is 0.481 e. The molecule has 118 valence electrons. The molecule has 0 amide bonds. The van der Waals surface area contributed by atoms with Crippen molar-refractivity contribution in [3.05, 3.63) is 12.2 Å². The maximum absolute atomic E-state index is 10.3. The smallest absolute Gasteiger partial charge is 0.303 e. The lowest BCUT2D eigenvalue weighted by atomic mass is 10.1. The summed E-state index contributed by atoms with van der Waals surface area (Å²) in [6.07, 6.45) is 21.2. The first kappa shape index (κ1) is 19.2. The van der Waals surface area contributed by atoms with Crippen LogP contribution in [0.5, 0.6) is 0 Å². The van der Waals surface area contributed by atoms with Gasteiger partial charge in [0.25, 0.3) is 0 Å². The molecule has 2 nitrogen and oxygen atoms in total. The molecule has 1 N–H and O–H groups in total. The molecule has 0 atom stereocenters. The van der Waals surface area contributed by atoms with Gasteiger partial charge in [0, 0.05) is 6.42 Å². The molecule has 0 aliphatic rings. The van der Waals surface area contributed by atoms with Crippen molar-refractivity contribution < 1.29 is 9.90 Å². The fraction of sp³-hybridized carbons (Fsp3) is 0.833. The van der Waals surface area contributed by atoms with Crippen molar-refractivity contribution in [2.75, 3.05) is 0 Å². The quantitative estimate of drug-likeness (QED) is 0.224. The van der Waals surface area contributed by atoms with E-state index in [1.807, 2.05) is 0 Å². The molecule has 0 unspecified atom stereocenters. The third kappa shape index (κ3) is 17.2. The topological polar surface area (TPSA) is 37.3 Å². The minimum absolute atomic E-state index is 0.336. The van der Waals surface area contributed by atoms with Crippen molar-refractivity contribution in [1.29, 1.82) is 0 Å². The van der Waals surface area contributed by atoms with Gasteiger partial charge in [0.15, 0.2) is 0 Å². The number of hydrogen-bond acceptors (Lipinski definition) is 1. The van der Waals surface area contributed by atoms with Gasteiger partial charge in [0.1, 0.15) is 0 Å². The number of aliphatic carboxylic acids is 1. The summed E-state index contributed by atoms with van der Waals surface area (Å²) in [5, 5.41) is 8.51. The number of unbranched alkanes of at least 4 members (excludes halogenated alkanes) is 11. The molecule has 20 heavy (non-hydrogen) atoms. The van der Waals surface area contributed by atoms with E-state index < -0.39 is 5.97 Å². The van der Waals surface area contributed by atoms with E-state index in [1.165, 1.54) is 70.6 Å². The van der Waals surface area contributed by atoms with Crippen LogP contribution in [-0.4, -0.2) is 11.1 Å². The summed E-state index contributed by atoms with van der Waals surface area (Å²) in [7, 11) is 0. The number of carbonyl (C=O) groups is 1. The molecule has 2 heteroatoms. The Balaban J connectivity index is 3.05. The second kappa shape index (κ2) is 16.3. The second-order valence-corrected chi connectivity index (χ2v) is 5.73. The summed E-state index contributed by atoms with van der Waals surface area (Å²) in [5.41, 5.74) is 0. The van der Waals surface area contributed by atoms with Gasteiger partial charge in [-0.1, -0.05) is 70.4 Å². The number of hydrogen-bond donors (Lipinski definition) is 1. The van der Waals surface area contributed by atoms with Crippen molar-refractivity contribution in [3.63, 3.8) is 0 Å². The van der Waals surface area contributed by atoms with Gasteiger partial charge in [-0.3, -0.25) is 4.79 Å². The van der Waals surface area contributed by atoms with Crippen molar-refractivity contribution in [2.24, 2.45) is 0 Å². The van der Waals surface area contributed by atoms with Gasteiger partial charge in [-0.05, 0) is 32.1 Å². The number of allylic oxidation sites excluding steroid dienone is 2. The molecule has 0 rings (SSSR count). The van der Waals surface area contributed by atoms with E-state index in [4.69, 9.17) is 5.11 Å². The van der Waals surface area contributed by atoms with Crippen LogP contribution in [0, 0.1) is 0 Å². The van der Waals surface area contributed by atoms with E-state index in [-0.39, 0.29) is 0 Å². The van der Waals surface area contributed by atoms with E-state index in [1.54, 1.807) is 0 Å². The monoisotopic (exact) mass is 286 g/mol. The zero-order valence-corrected chi connectivity index (χ0v) is 13.4. The summed E-state index contributed by atoms with van der Waals surface area (Å²) in [5.74, 6) is -0.661. The molecule has 0 fully saturated rings. The van der Waals surface area contributed by atoms with Gasteiger partial charge in [-0.2, -0.15) is 0 Å². The van der Waals surface area contributed by atoms with Gasteiger partial charge in [0.2, 0.25) is 0 Å². The van der Waals surface area contributed by atoms with Gasteiger partial charge < -0.3 is 5.11 Å². The van der Waals surface area contributed by atoms with Crippen molar-refractivity contribution in [1.82, 2.24) is 0 Å². The van der Waals surface area contributed by atoms with E-state index >= 15 is 0 Å². The summed E-state index contributed by atoms with van der Waals surface area (Å²) in [4.78, 5) is 10.3. The van der Waals surface area contributed by atoms with Crippen LogP contribution in [0.4, 0.5) is 0 Å². The lowest BCUT2D eigenvalue weighted by Gasteiger charge is -2.00. The molecule has 0 saturated heterocycles. The third-order valence-electron chi connectivity index (χ3n) is 3.65. The highest BCUT2D eigenvalue weighted by Gasteiger charge is 1.96. The van der Waals surface area contributed by atoms with Crippen LogP contribution < -0.4 is 0 Å². The van der Waals surface area contributed by atoms with Crippen molar-refractivity contribution in [3.8, 4) is 0 Å². The van der Waals surface area contributed by atoms with Crippen molar-refractivity contribution in [2.45, 2.75) is 96.8 Å². The summed E-state index contributed by atoms with van der Waals surface area (Å²) in [6, 6.07) is 0. The maximum atomic E-state index is 10.3. The number of carboxylic acid groups (broad SMARTS) is 1. The highest BCUT2D eigenvalue weighted by atomic mass is 16.4. The summed E-state index contributed by atoms with van der Waals surface area (Å²) >= 11 is 0. The normalized spacial score (nSPS) is 11.2. The Labute approximate surface area is 125 Å². The Morgan fingerprint density at radius 3 is 1.70 bits per heavy atom. The Morgan fingerprint density at radius 2 is 1.20 bits per heavy atom. The average Bonchev–Trinajstić information content (AvgIpc) is 2.43. The molecule has 0 heterocycles. The van der Waals surface area contributed by atoms with Gasteiger partial charge in [0.05, 0.1) is 0 Å². The van der Waals surface area contributed by atoms with Crippen LogP contribution >= 0.6 is 0 Å². The van der Waals surface area contributed by atoms with E-state index in [2.05, 4.69) is 19.1 Å². The van der Waals surface area contributed by atoms with Gasteiger partial charge in [-0.15, -0.1) is 0 Å². The highest BCUT2D eigenvalue weighted by molar-refractivity contribution is 5.66. The first-order valence-electron chi connectivity index (χ1n) is 8.64. The van der Waals surface area contributed by atoms with Crippen LogP contribution in [0.3, 0.4) is 0 Å². The minimum Gasteiger partial charge on any atom is -0.481 e. The standard InChI is InChI=1S/C18H34O2/c1-2-3-4-5-6-7-8-9-10-11-12-13-14-15-16-17-18(19)20/h7-8H,2-6,9-17H2,1H3,(H,19,20)/b8-7-/i1+1,2+1,3+1,4+1. The Hall–Kier alpha value is -0.790. The Morgan fingerprint density at radius 1 is 0.750 bits per heavy atom. The number of rotatable bonds is 15. The first-order valence-corrected chi connectivity index (χ1v) is 8.64. The van der Waals surface area contributed by atoms with E-state index in [0.29, 0.717) is 6.42 Å². The third-order valence-corrected chi connectivity index (χ3v) is 3.65. The molecule has 0 aromatic rings. The Kier molecular flexibility index (Phi) is 15.6. The van der Waals surface area contributed by atoms with Crippen LogP contribution in [0.2, 0.25) is 0 Å². The molecule has 0 aliphatic heterocycles. The zero-order chi connectivity index (χ0) is 14.9. The SMILES string of the molecule is [13CH3][13CH2][13CH2][13CH2]CC/C=C\CCCCCCCCCC(=O)O. The van der Waals surface area contributed by atoms with E-state index in [9.17, 15) is 4.79 Å². The average molecular weight is 286 g/mol. The molecule has 0 radical (unpaired) electrons. The fourth-order valence-electron chi connectivity index (χ4n) is 2.35. The Bertz CT molecular complexity index is 234. The van der Waals surface area contributed by atoms with Crippen LogP contribution in [0.15, 0.2) is 12.2 Å². The first-order chi connectivity index (χ1) is 9.77. The summed E-state index contributed by atoms with van der Waals surface area (Å²) < 4.78 is 0. The molecule has 0 saturated carbocycles. The number of carboxylic acids is 1.